The van der Waals surface area contributed by atoms with Crippen LogP contribution in [0.15, 0.2) is 66.9 Å². The number of alkyl halides is 3. The molecule has 0 fully saturated rings. The lowest BCUT2D eigenvalue weighted by atomic mass is 10.1. The van der Waals surface area contributed by atoms with Gasteiger partial charge in [0.25, 0.3) is 0 Å². The molecule has 2 aromatic heterocycles. The minimum atomic E-state index is -4.78. The van der Waals surface area contributed by atoms with E-state index in [1.807, 2.05) is 0 Å². The lowest BCUT2D eigenvalue weighted by Crippen LogP contribution is -2.17. The Hall–Kier alpha value is -3.88. The molecule has 0 bridgehead atoms. The van der Waals surface area contributed by atoms with E-state index < -0.39 is 12.3 Å². The average Bonchev–Trinajstić information content (AvgIpc) is 3.10. The summed E-state index contributed by atoms with van der Waals surface area (Å²) in [6, 6.07) is 15.7. The molecule has 4 aromatic rings. The molecular formula is C20H13F3N4O2. The molecule has 0 aliphatic heterocycles. The van der Waals surface area contributed by atoms with Gasteiger partial charge in [-0.1, -0.05) is 24.3 Å². The largest absolute Gasteiger partial charge is 0.573 e. The lowest BCUT2D eigenvalue weighted by Gasteiger charge is -2.10. The number of rotatable bonds is 4. The molecule has 2 N–H and O–H groups in total. The van der Waals surface area contributed by atoms with E-state index in [1.54, 1.807) is 42.5 Å². The van der Waals surface area contributed by atoms with E-state index in [0.717, 1.165) is 0 Å². The van der Waals surface area contributed by atoms with E-state index in [2.05, 4.69) is 14.8 Å². The van der Waals surface area contributed by atoms with Crippen LogP contribution in [-0.4, -0.2) is 26.9 Å². The number of benzene rings is 2. The topological polar surface area (TPSA) is 82.5 Å². The first-order valence-electron chi connectivity index (χ1n) is 8.41. The molecule has 0 radical (unpaired) electrons. The van der Waals surface area contributed by atoms with Gasteiger partial charge in [-0.25, -0.2) is 9.50 Å². The maximum Gasteiger partial charge on any atom is 0.573 e. The number of hydrogen-bond acceptors (Lipinski definition) is 4. The lowest BCUT2D eigenvalue weighted by molar-refractivity contribution is -0.274. The van der Waals surface area contributed by atoms with Crippen LogP contribution in [0.1, 0.15) is 10.4 Å². The number of imidazole rings is 1. The van der Waals surface area contributed by atoms with Crippen LogP contribution in [0.3, 0.4) is 0 Å². The van der Waals surface area contributed by atoms with Gasteiger partial charge in [-0.15, -0.1) is 13.2 Å². The van der Waals surface area contributed by atoms with Crippen LogP contribution < -0.4 is 10.5 Å². The number of halogens is 3. The molecule has 0 aliphatic carbocycles. The number of fused-ring (bicyclic) bond motifs is 1. The van der Waals surface area contributed by atoms with Crippen molar-refractivity contribution in [2.24, 2.45) is 5.73 Å². The van der Waals surface area contributed by atoms with Gasteiger partial charge in [-0.3, -0.25) is 4.79 Å². The number of primary amides is 1. The summed E-state index contributed by atoms with van der Waals surface area (Å²) in [5.41, 5.74) is 8.33. The average molecular weight is 398 g/mol. The standard InChI is InChI=1S/C20H13F3N4O2/c21-20(22,23)29-15-6-2-4-13(10-15)17-11-25-18-8-7-16(26-27(17)18)12-3-1-5-14(9-12)19(24)28/h1-11H,(H2,24,28). The van der Waals surface area contributed by atoms with Gasteiger partial charge in [0, 0.05) is 16.7 Å². The van der Waals surface area contributed by atoms with Crippen molar-refractivity contribution in [3.8, 4) is 28.3 Å². The van der Waals surface area contributed by atoms with Crippen molar-refractivity contribution < 1.29 is 22.7 Å². The van der Waals surface area contributed by atoms with Crippen molar-refractivity contribution in [2.75, 3.05) is 0 Å². The Labute approximate surface area is 162 Å². The van der Waals surface area contributed by atoms with E-state index in [9.17, 15) is 18.0 Å². The summed E-state index contributed by atoms with van der Waals surface area (Å²) in [5.74, 6) is -0.895. The Morgan fingerprint density at radius 1 is 1.00 bits per heavy atom. The minimum Gasteiger partial charge on any atom is -0.406 e. The van der Waals surface area contributed by atoms with E-state index in [0.29, 0.717) is 33.7 Å². The Bertz CT molecular complexity index is 1220. The summed E-state index contributed by atoms with van der Waals surface area (Å²) in [4.78, 5) is 15.7. The second kappa shape index (κ2) is 6.93. The monoisotopic (exact) mass is 398 g/mol. The first-order chi connectivity index (χ1) is 13.8. The Morgan fingerprint density at radius 2 is 1.76 bits per heavy atom. The third kappa shape index (κ3) is 3.88. The van der Waals surface area contributed by atoms with Crippen LogP contribution in [0.5, 0.6) is 5.75 Å². The minimum absolute atomic E-state index is 0.338. The molecule has 9 heteroatoms. The van der Waals surface area contributed by atoms with Crippen molar-refractivity contribution in [2.45, 2.75) is 6.36 Å². The third-order valence-electron chi connectivity index (χ3n) is 4.17. The highest BCUT2D eigenvalue weighted by Gasteiger charge is 2.31. The number of aromatic nitrogens is 3. The highest BCUT2D eigenvalue weighted by atomic mass is 19.4. The molecule has 0 unspecified atom stereocenters. The molecule has 0 saturated heterocycles. The maximum absolute atomic E-state index is 12.5. The normalized spacial score (nSPS) is 11.6. The molecule has 0 spiro atoms. The fourth-order valence-corrected chi connectivity index (χ4v) is 2.91. The highest BCUT2D eigenvalue weighted by molar-refractivity contribution is 5.94. The van der Waals surface area contributed by atoms with E-state index in [1.165, 1.54) is 28.9 Å². The number of carbonyl (C=O) groups excluding carboxylic acids is 1. The van der Waals surface area contributed by atoms with Gasteiger partial charge in [0.15, 0.2) is 5.65 Å². The number of nitrogens with zero attached hydrogens (tertiary/aromatic N) is 3. The van der Waals surface area contributed by atoms with Crippen LogP contribution in [0.25, 0.3) is 28.2 Å². The van der Waals surface area contributed by atoms with E-state index >= 15 is 0 Å². The van der Waals surface area contributed by atoms with Gasteiger partial charge in [-0.2, -0.15) is 5.10 Å². The van der Waals surface area contributed by atoms with Crippen molar-refractivity contribution in [3.05, 3.63) is 72.4 Å². The second-order valence-corrected chi connectivity index (χ2v) is 6.15. The summed E-state index contributed by atoms with van der Waals surface area (Å²) in [5, 5.41) is 4.53. The number of carbonyl (C=O) groups is 1. The Kier molecular flexibility index (Phi) is 4.42. The molecule has 6 nitrogen and oxygen atoms in total. The SMILES string of the molecule is NC(=O)c1cccc(-c2ccc3ncc(-c4cccc(OC(F)(F)F)c4)n3n2)c1. The quantitative estimate of drug-likeness (QED) is 0.562. The predicted octanol–water partition coefficient (Wildman–Crippen LogP) is 4.06. The predicted molar refractivity (Wildman–Crippen MR) is 99.1 cm³/mol. The van der Waals surface area contributed by atoms with Crippen molar-refractivity contribution >= 4 is 11.6 Å². The molecule has 146 valence electrons. The van der Waals surface area contributed by atoms with Gasteiger partial charge in [0.1, 0.15) is 5.75 Å². The van der Waals surface area contributed by atoms with Crippen LogP contribution in [-0.2, 0) is 0 Å². The first-order valence-corrected chi connectivity index (χ1v) is 8.41. The molecule has 0 atom stereocenters. The smallest absolute Gasteiger partial charge is 0.406 e. The van der Waals surface area contributed by atoms with Crippen LogP contribution in [0, 0.1) is 0 Å². The van der Waals surface area contributed by atoms with Crippen LogP contribution in [0.4, 0.5) is 13.2 Å². The Morgan fingerprint density at radius 3 is 2.52 bits per heavy atom. The number of nitrogens with two attached hydrogens (primary N) is 1. The van der Waals surface area contributed by atoms with Gasteiger partial charge in [-0.05, 0) is 36.4 Å². The molecule has 2 aromatic carbocycles. The third-order valence-corrected chi connectivity index (χ3v) is 4.17. The first kappa shape index (κ1) is 18.5. The highest BCUT2D eigenvalue weighted by Crippen LogP contribution is 2.29. The van der Waals surface area contributed by atoms with Gasteiger partial charge < -0.3 is 10.5 Å². The maximum atomic E-state index is 12.5. The van der Waals surface area contributed by atoms with Crippen LogP contribution >= 0.6 is 0 Å². The second-order valence-electron chi connectivity index (χ2n) is 6.15. The van der Waals surface area contributed by atoms with Gasteiger partial charge in [0.05, 0.1) is 17.6 Å². The fraction of sp³-hybridized carbons (Fsp3) is 0.0500. The molecule has 0 aliphatic rings. The Balaban J connectivity index is 1.78. The molecule has 0 saturated carbocycles. The molecule has 1 amide bonds. The van der Waals surface area contributed by atoms with Gasteiger partial charge in [0.2, 0.25) is 5.91 Å². The molecule has 2 heterocycles. The number of hydrogen-bond donors (Lipinski definition) is 1. The van der Waals surface area contributed by atoms with Crippen molar-refractivity contribution in [1.29, 1.82) is 0 Å². The molecule has 29 heavy (non-hydrogen) atoms. The summed E-state index contributed by atoms with van der Waals surface area (Å²) in [7, 11) is 0. The van der Waals surface area contributed by atoms with Crippen LogP contribution in [0.2, 0.25) is 0 Å². The van der Waals surface area contributed by atoms with E-state index in [-0.39, 0.29) is 5.75 Å². The number of ether oxygens (including phenoxy) is 1. The summed E-state index contributed by atoms with van der Waals surface area (Å²) < 4.78 is 43.0. The van der Waals surface area contributed by atoms with Crippen molar-refractivity contribution in [3.63, 3.8) is 0 Å². The van der Waals surface area contributed by atoms with E-state index in [4.69, 9.17) is 5.73 Å². The summed E-state index contributed by atoms with van der Waals surface area (Å²) >= 11 is 0. The molecule has 4 rings (SSSR count). The fourth-order valence-electron chi connectivity index (χ4n) is 2.91. The molecular weight excluding hydrogens is 385 g/mol. The summed E-state index contributed by atoms with van der Waals surface area (Å²) in [6.45, 7) is 0. The zero-order valence-electron chi connectivity index (χ0n) is 14.7. The zero-order valence-corrected chi connectivity index (χ0v) is 14.7. The van der Waals surface area contributed by atoms with Crippen molar-refractivity contribution in [1.82, 2.24) is 14.6 Å². The zero-order chi connectivity index (χ0) is 20.6. The van der Waals surface area contributed by atoms with Gasteiger partial charge >= 0.3 is 6.36 Å². The number of amides is 1. The summed E-state index contributed by atoms with van der Waals surface area (Å²) in [6.07, 6.45) is -3.27.